The molecule has 2 aromatic heterocycles. The Morgan fingerprint density at radius 1 is 0.952 bits per heavy atom. The van der Waals surface area contributed by atoms with Gasteiger partial charge in [0.2, 0.25) is 0 Å². The first-order chi connectivity index (χ1) is 10.4. The van der Waals surface area contributed by atoms with Gasteiger partial charge in [-0.3, -0.25) is 0 Å². The largest absolute Gasteiger partial charge is 0.454 e. The average Bonchev–Trinajstić information content (AvgIpc) is 3.14. The molecule has 0 atom stereocenters. The fraction of sp³-hybridized carbons (Fsp3) is 0.0588. The summed E-state index contributed by atoms with van der Waals surface area (Å²) in [7, 11) is 0. The third-order valence-electron chi connectivity index (χ3n) is 3.40. The summed E-state index contributed by atoms with van der Waals surface area (Å²) in [5.74, 6) is 0.746. The molecule has 4 heteroatoms. The molecular formula is C17H13N3O. The Labute approximate surface area is 121 Å². The van der Waals surface area contributed by atoms with Crippen molar-refractivity contribution in [1.82, 2.24) is 15.0 Å². The van der Waals surface area contributed by atoms with Crippen molar-refractivity contribution in [1.29, 1.82) is 0 Å². The number of nitrogens with zero attached hydrogens (tertiary/aromatic N) is 3. The second-order valence-electron chi connectivity index (χ2n) is 4.94. The van der Waals surface area contributed by atoms with E-state index < -0.39 is 0 Å². The van der Waals surface area contributed by atoms with Crippen molar-refractivity contribution in [2.24, 2.45) is 0 Å². The van der Waals surface area contributed by atoms with Gasteiger partial charge in [0, 0.05) is 5.39 Å². The number of furan rings is 1. The van der Waals surface area contributed by atoms with Gasteiger partial charge in [0.15, 0.2) is 5.76 Å². The number of hydrogen-bond donors (Lipinski definition) is 0. The highest BCUT2D eigenvalue weighted by molar-refractivity contribution is 5.81. The maximum Gasteiger partial charge on any atom is 0.157 e. The quantitative estimate of drug-likeness (QED) is 0.572. The van der Waals surface area contributed by atoms with Gasteiger partial charge in [0.1, 0.15) is 11.3 Å². The Morgan fingerprint density at radius 2 is 1.76 bits per heavy atom. The highest BCUT2D eigenvalue weighted by Gasteiger charge is 2.10. The minimum atomic E-state index is 0.702. The number of aromatic nitrogens is 3. The molecule has 0 N–H and O–H groups in total. The molecule has 0 aliphatic heterocycles. The van der Waals surface area contributed by atoms with Gasteiger partial charge in [-0.15, -0.1) is 5.10 Å². The SMILES string of the molecule is c1ccc(Cn2cc(-c3cc4ccccc4o3)nn2)cc1. The van der Waals surface area contributed by atoms with Crippen molar-refractivity contribution in [3.63, 3.8) is 0 Å². The van der Waals surface area contributed by atoms with E-state index in [2.05, 4.69) is 22.4 Å². The second kappa shape index (κ2) is 4.90. The Balaban J connectivity index is 1.64. The lowest BCUT2D eigenvalue weighted by Gasteiger charge is -1.98. The van der Waals surface area contributed by atoms with E-state index in [1.54, 1.807) is 0 Å². The average molecular weight is 275 g/mol. The van der Waals surface area contributed by atoms with Crippen molar-refractivity contribution in [2.75, 3.05) is 0 Å². The summed E-state index contributed by atoms with van der Waals surface area (Å²) in [6.45, 7) is 0.702. The molecule has 4 rings (SSSR count). The van der Waals surface area contributed by atoms with Crippen LogP contribution in [0.5, 0.6) is 0 Å². The molecule has 0 amide bonds. The van der Waals surface area contributed by atoms with Crippen LogP contribution < -0.4 is 0 Å². The summed E-state index contributed by atoms with van der Waals surface area (Å²) < 4.78 is 7.62. The van der Waals surface area contributed by atoms with Gasteiger partial charge < -0.3 is 4.42 Å². The van der Waals surface area contributed by atoms with Gasteiger partial charge in [-0.25, -0.2) is 4.68 Å². The summed E-state index contributed by atoms with van der Waals surface area (Å²) in [4.78, 5) is 0. The first kappa shape index (κ1) is 11.9. The molecule has 2 aromatic carbocycles. The van der Waals surface area contributed by atoms with Crippen molar-refractivity contribution in [3.05, 3.63) is 72.4 Å². The molecule has 2 heterocycles. The van der Waals surface area contributed by atoms with Crippen LogP contribution in [0, 0.1) is 0 Å². The standard InChI is InChI=1S/C17H13N3O/c1-2-6-13(7-3-1)11-20-12-15(18-19-20)17-10-14-8-4-5-9-16(14)21-17/h1-10,12H,11H2. The summed E-state index contributed by atoms with van der Waals surface area (Å²) in [6, 6.07) is 20.1. The monoisotopic (exact) mass is 275 g/mol. The molecule has 0 aliphatic rings. The van der Waals surface area contributed by atoms with E-state index in [1.807, 2.05) is 59.4 Å². The van der Waals surface area contributed by atoms with Crippen LogP contribution in [0.3, 0.4) is 0 Å². The highest BCUT2D eigenvalue weighted by atomic mass is 16.3. The van der Waals surface area contributed by atoms with E-state index in [0.29, 0.717) is 6.54 Å². The van der Waals surface area contributed by atoms with Crippen LogP contribution in [0.4, 0.5) is 0 Å². The van der Waals surface area contributed by atoms with Gasteiger partial charge in [-0.05, 0) is 17.7 Å². The van der Waals surface area contributed by atoms with Crippen molar-refractivity contribution in [3.8, 4) is 11.5 Å². The van der Waals surface area contributed by atoms with Gasteiger partial charge >= 0.3 is 0 Å². The molecule has 0 fully saturated rings. The zero-order chi connectivity index (χ0) is 14.1. The molecule has 102 valence electrons. The molecule has 4 aromatic rings. The highest BCUT2D eigenvalue weighted by Crippen LogP contribution is 2.25. The fourth-order valence-corrected chi connectivity index (χ4v) is 2.37. The summed E-state index contributed by atoms with van der Waals surface area (Å²) in [5.41, 5.74) is 2.81. The van der Waals surface area contributed by atoms with Crippen LogP contribution in [0.2, 0.25) is 0 Å². The van der Waals surface area contributed by atoms with Crippen LogP contribution in [0.25, 0.3) is 22.4 Å². The van der Waals surface area contributed by atoms with Crippen molar-refractivity contribution < 1.29 is 4.42 Å². The molecule has 0 radical (unpaired) electrons. The van der Waals surface area contributed by atoms with Crippen LogP contribution in [-0.2, 0) is 6.54 Å². The number of hydrogen-bond acceptors (Lipinski definition) is 3. The van der Waals surface area contributed by atoms with E-state index in [1.165, 1.54) is 5.56 Å². The van der Waals surface area contributed by atoms with Gasteiger partial charge in [-0.2, -0.15) is 0 Å². The Hall–Kier alpha value is -2.88. The maximum absolute atomic E-state index is 5.80. The Kier molecular flexibility index (Phi) is 2.78. The molecule has 0 unspecified atom stereocenters. The normalized spacial score (nSPS) is 11.0. The Bertz CT molecular complexity index is 844. The van der Waals surface area contributed by atoms with E-state index in [4.69, 9.17) is 4.42 Å². The van der Waals surface area contributed by atoms with Crippen LogP contribution in [0.1, 0.15) is 5.56 Å². The van der Waals surface area contributed by atoms with Crippen LogP contribution in [-0.4, -0.2) is 15.0 Å². The van der Waals surface area contributed by atoms with Crippen molar-refractivity contribution >= 4 is 11.0 Å². The predicted octanol–water partition coefficient (Wildman–Crippen LogP) is 3.74. The zero-order valence-corrected chi connectivity index (χ0v) is 11.3. The van der Waals surface area contributed by atoms with Crippen LogP contribution in [0.15, 0.2) is 71.3 Å². The number of rotatable bonds is 3. The van der Waals surface area contributed by atoms with Crippen LogP contribution >= 0.6 is 0 Å². The molecule has 0 aliphatic carbocycles. The minimum Gasteiger partial charge on any atom is -0.454 e. The Morgan fingerprint density at radius 3 is 2.62 bits per heavy atom. The summed E-state index contributed by atoms with van der Waals surface area (Å²) in [5, 5.41) is 9.44. The van der Waals surface area contributed by atoms with Gasteiger partial charge in [0.05, 0.1) is 12.7 Å². The first-order valence-electron chi connectivity index (χ1n) is 6.81. The molecule has 0 saturated heterocycles. The van der Waals surface area contributed by atoms with E-state index in [-0.39, 0.29) is 0 Å². The fourth-order valence-electron chi connectivity index (χ4n) is 2.37. The predicted molar refractivity (Wildman–Crippen MR) is 80.8 cm³/mol. The maximum atomic E-state index is 5.80. The number of fused-ring (bicyclic) bond motifs is 1. The second-order valence-corrected chi connectivity index (χ2v) is 4.94. The molecular weight excluding hydrogens is 262 g/mol. The number of benzene rings is 2. The molecule has 4 nitrogen and oxygen atoms in total. The molecule has 21 heavy (non-hydrogen) atoms. The van der Waals surface area contributed by atoms with E-state index >= 15 is 0 Å². The smallest absolute Gasteiger partial charge is 0.157 e. The first-order valence-corrected chi connectivity index (χ1v) is 6.81. The molecule has 0 spiro atoms. The molecule has 0 bridgehead atoms. The van der Waals surface area contributed by atoms with Crippen molar-refractivity contribution in [2.45, 2.75) is 6.54 Å². The van der Waals surface area contributed by atoms with Gasteiger partial charge in [0.25, 0.3) is 0 Å². The van der Waals surface area contributed by atoms with E-state index in [0.717, 1.165) is 22.4 Å². The lowest BCUT2D eigenvalue weighted by atomic mass is 10.2. The molecule has 0 saturated carbocycles. The topological polar surface area (TPSA) is 43.9 Å². The third kappa shape index (κ3) is 2.31. The lowest BCUT2D eigenvalue weighted by molar-refractivity contribution is 0.627. The zero-order valence-electron chi connectivity index (χ0n) is 11.3. The van der Waals surface area contributed by atoms with E-state index in [9.17, 15) is 0 Å². The lowest BCUT2D eigenvalue weighted by Crippen LogP contribution is -1.99. The summed E-state index contributed by atoms with van der Waals surface area (Å²) >= 11 is 0. The third-order valence-corrected chi connectivity index (χ3v) is 3.40. The van der Waals surface area contributed by atoms with Gasteiger partial charge in [-0.1, -0.05) is 53.7 Å². The minimum absolute atomic E-state index is 0.702. The summed E-state index contributed by atoms with van der Waals surface area (Å²) in [6.07, 6.45) is 1.91. The number of para-hydroxylation sites is 1.